The molecule has 0 bridgehead atoms. The number of hydrogen-bond donors (Lipinski definition) is 3. The van der Waals surface area contributed by atoms with Crippen molar-refractivity contribution in [3.8, 4) is 23.8 Å². The number of thiocarbonyl (C=S) groups is 1. The number of terminal acetylenes is 1. The number of hydrazone groups is 1. The summed E-state index contributed by atoms with van der Waals surface area (Å²) < 4.78 is 11.4. The Kier molecular flexibility index (Phi) is 6.64. The van der Waals surface area contributed by atoms with Crippen molar-refractivity contribution < 1.29 is 14.6 Å². The van der Waals surface area contributed by atoms with Gasteiger partial charge in [0.2, 0.25) is 6.79 Å². The van der Waals surface area contributed by atoms with Crippen LogP contribution in [0.15, 0.2) is 76.4 Å². The minimum Gasteiger partial charge on any atom is -0.454 e. The van der Waals surface area contributed by atoms with E-state index in [0.29, 0.717) is 16.9 Å². The number of para-hydroxylation sites is 1. The van der Waals surface area contributed by atoms with E-state index in [9.17, 15) is 5.11 Å². The molecule has 6 nitrogen and oxygen atoms in total. The van der Waals surface area contributed by atoms with Crippen molar-refractivity contribution in [2.45, 2.75) is 57.5 Å². The number of allylic oxidation sites excluding steroid dienone is 4. The quantitative estimate of drug-likeness (QED) is 0.230. The van der Waals surface area contributed by atoms with Gasteiger partial charge in [-0.15, -0.1) is 12.3 Å². The molecule has 2 aromatic carbocycles. The van der Waals surface area contributed by atoms with Crippen LogP contribution < -0.4 is 20.2 Å². The number of aliphatic hydroxyl groups excluding tert-OH is 1. The van der Waals surface area contributed by atoms with E-state index in [4.69, 9.17) is 28.1 Å². The van der Waals surface area contributed by atoms with Gasteiger partial charge < -0.3 is 19.9 Å². The summed E-state index contributed by atoms with van der Waals surface area (Å²) in [5.41, 5.74) is 10.4. The van der Waals surface area contributed by atoms with Crippen LogP contribution in [0.5, 0.6) is 11.5 Å². The van der Waals surface area contributed by atoms with Crippen LogP contribution in [0.4, 0.5) is 5.69 Å². The molecule has 0 aromatic heterocycles. The second-order valence-corrected chi connectivity index (χ2v) is 12.6. The topological polar surface area (TPSA) is 75.1 Å². The maximum absolute atomic E-state index is 11.5. The first-order valence-corrected chi connectivity index (χ1v) is 15.0. The Hall–Kier alpha value is -3.60. The number of benzene rings is 2. The van der Waals surface area contributed by atoms with E-state index in [1.165, 1.54) is 16.7 Å². The minimum atomic E-state index is -0.484. The first-order valence-electron chi connectivity index (χ1n) is 14.6. The molecule has 0 spiro atoms. The first-order chi connectivity index (χ1) is 19.9. The zero-order chi connectivity index (χ0) is 28.1. The molecule has 3 N–H and O–H groups in total. The number of hydrogen-bond acceptors (Lipinski definition) is 5. The smallest absolute Gasteiger partial charge is 0.231 e. The van der Waals surface area contributed by atoms with Gasteiger partial charge in [-0.1, -0.05) is 36.8 Å². The van der Waals surface area contributed by atoms with Crippen LogP contribution in [0.3, 0.4) is 0 Å². The molecule has 0 amide bonds. The van der Waals surface area contributed by atoms with Gasteiger partial charge in [-0.05, 0) is 115 Å². The number of ether oxygens (including phenoxy) is 2. The number of fused-ring (bicyclic) bond motifs is 5. The molecule has 2 aromatic rings. The Morgan fingerprint density at radius 2 is 1.95 bits per heavy atom. The highest BCUT2D eigenvalue weighted by atomic mass is 32.1. The lowest BCUT2D eigenvalue weighted by Crippen LogP contribution is -2.45. The van der Waals surface area contributed by atoms with Crippen molar-refractivity contribution in [2.75, 3.05) is 12.1 Å². The van der Waals surface area contributed by atoms with Crippen molar-refractivity contribution in [3.63, 3.8) is 0 Å². The molecule has 0 saturated heterocycles. The summed E-state index contributed by atoms with van der Waals surface area (Å²) in [6, 6.07) is 16.2. The first kappa shape index (κ1) is 26.3. The van der Waals surface area contributed by atoms with Crippen LogP contribution in [0, 0.1) is 35.5 Å². The molecule has 210 valence electrons. The van der Waals surface area contributed by atoms with Crippen molar-refractivity contribution >= 4 is 28.7 Å². The van der Waals surface area contributed by atoms with Crippen molar-refractivity contribution in [3.05, 3.63) is 76.9 Å². The summed E-state index contributed by atoms with van der Waals surface area (Å²) in [5, 5.41) is 19.8. The molecular formula is C34H35N3O3S. The fraction of sp³-hybridized carbons (Fsp3) is 0.412. The maximum Gasteiger partial charge on any atom is 0.231 e. The highest BCUT2D eigenvalue weighted by molar-refractivity contribution is 7.80. The Morgan fingerprint density at radius 3 is 2.78 bits per heavy atom. The zero-order valence-corrected chi connectivity index (χ0v) is 24.0. The third-order valence-electron chi connectivity index (χ3n) is 10.1. The van der Waals surface area contributed by atoms with Crippen LogP contribution in [0.25, 0.3) is 0 Å². The lowest BCUT2D eigenvalue weighted by Gasteiger charge is -2.52. The normalized spacial score (nSPS) is 32.4. The highest BCUT2D eigenvalue weighted by Gasteiger charge is 2.59. The molecule has 2 fully saturated rings. The van der Waals surface area contributed by atoms with Gasteiger partial charge in [-0.25, -0.2) is 0 Å². The van der Waals surface area contributed by atoms with Crippen molar-refractivity contribution in [2.24, 2.45) is 28.3 Å². The molecule has 7 heteroatoms. The summed E-state index contributed by atoms with van der Waals surface area (Å²) in [7, 11) is 0. The molecule has 41 heavy (non-hydrogen) atoms. The molecular weight excluding hydrogens is 530 g/mol. The van der Waals surface area contributed by atoms with Gasteiger partial charge in [0.25, 0.3) is 0 Å². The van der Waals surface area contributed by atoms with E-state index in [2.05, 4.69) is 46.9 Å². The molecule has 6 atom stereocenters. The Labute approximate surface area is 246 Å². The lowest BCUT2D eigenvalue weighted by molar-refractivity contribution is -0.0101. The van der Waals surface area contributed by atoms with Gasteiger partial charge in [-0.3, -0.25) is 5.43 Å². The summed E-state index contributed by atoms with van der Waals surface area (Å²) >= 11 is 5.47. The number of aliphatic hydroxyl groups is 1. The molecule has 2 saturated carbocycles. The van der Waals surface area contributed by atoms with Crippen LogP contribution in [0.1, 0.15) is 56.9 Å². The van der Waals surface area contributed by atoms with Gasteiger partial charge in [0.15, 0.2) is 16.6 Å². The second kappa shape index (κ2) is 10.3. The van der Waals surface area contributed by atoms with Gasteiger partial charge in [0.05, 0.1) is 11.8 Å². The van der Waals surface area contributed by atoms with Crippen LogP contribution in [-0.4, -0.2) is 28.8 Å². The summed E-state index contributed by atoms with van der Waals surface area (Å²) in [5.74, 6) is 5.42. The van der Waals surface area contributed by atoms with E-state index in [1.54, 1.807) is 5.57 Å². The fourth-order valence-corrected chi connectivity index (χ4v) is 8.34. The fourth-order valence-electron chi connectivity index (χ4n) is 8.18. The molecule has 7 rings (SSSR count). The molecule has 1 aliphatic heterocycles. The van der Waals surface area contributed by atoms with E-state index in [0.717, 1.165) is 61.4 Å². The largest absolute Gasteiger partial charge is 0.454 e. The van der Waals surface area contributed by atoms with Gasteiger partial charge in [0, 0.05) is 17.5 Å². The van der Waals surface area contributed by atoms with Crippen molar-refractivity contribution in [1.82, 2.24) is 5.43 Å². The van der Waals surface area contributed by atoms with Gasteiger partial charge in [-0.2, -0.15) is 5.10 Å². The van der Waals surface area contributed by atoms with Crippen molar-refractivity contribution in [1.29, 1.82) is 0 Å². The SMILES string of the molecule is C#CC1C[C@H]2[C@@H]3CCC4=C/C(=N/NC(=S)Nc5ccccc5)CCC4=C3[C@@H](c3ccc4c(c3)OCO4)C[C@]2(C)[C@H]1O. The monoisotopic (exact) mass is 565 g/mol. The van der Waals surface area contributed by atoms with Gasteiger partial charge >= 0.3 is 0 Å². The standard InChI is InChI=1S/C34H35N3O3S/c1-3-20-16-28-26-12-9-21-15-24(36-37-33(41)35-23-7-5-4-6-8-23)11-13-25(21)31(26)27(18-34(28,2)32(20)38)22-10-14-29-30(17-22)40-19-39-29/h1,4-8,10,14-15,17,20,26-28,32,38H,9,11-13,16,18-19H2,2H3,(H2,35,37,41)/b36-24+/t20?,26-,27+,28-,32-,34-/m0/s1. The van der Waals surface area contributed by atoms with Gasteiger partial charge in [0.1, 0.15) is 0 Å². The Morgan fingerprint density at radius 1 is 1.12 bits per heavy atom. The van der Waals surface area contributed by atoms with E-state index >= 15 is 0 Å². The maximum atomic E-state index is 11.5. The molecule has 4 aliphatic carbocycles. The zero-order valence-electron chi connectivity index (χ0n) is 23.2. The van der Waals surface area contributed by atoms with Crippen LogP contribution in [-0.2, 0) is 0 Å². The molecule has 1 heterocycles. The summed E-state index contributed by atoms with van der Waals surface area (Å²) in [6.45, 7) is 2.53. The minimum absolute atomic E-state index is 0.0896. The Balaban J connectivity index is 1.22. The van der Waals surface area contributed by atoms with E-state index < -0.39 is 6.10 Å². The predicted molar refractivity (Wildman–Crippen MR) is 165 cm³/mol. The average Bonchev–Trinajstić information content (AvgIpc) is 3.57. The number of rotatable bonds is 3. The van der Waals surface area contributed by atoms with E-state index in [1.807, 2.05) is 36.4 Å². The van der Waals surface area contributed by atoms with E-state index in [-0.39, 0.29) is 24.0 Å². The molecule has 5 aliphatic rings. The summed E-state index contributed by atoms with van der Waals surface area (Å²) in [4.78, 5) is 0. The Bertz CT molecular complexity index is 1520. The van der Waals surface area contributed by atoms with Crippen LogP contribution >= 0.6 is 12.2 Å². The second-order valence-electron chi connectivity index (χ2n) is 12.2. The molecule has 0 radical (unpaired) electrons. The van der Waals surface area contributed by atoms with Crippen LogP contribution in [0.2, 0.25) is 0 Å². The molecule has 1 unspecified atom stereocenters. The number of nitrogens with one attached hydrogen (secondary N) is 2. The number of anilines is 1. The third-order valence-corrected chi connectivity index (χ3v) is 10.3. The predicted octanol–water partition coefficient (Wildman–Crippen LogP) is 6.31. The average molecular weight is 566 g/mol. The number of nitrogens with zero attached hydrogens (tertiary/aromatic N) is 1. The summed E-state index contributed by atoms with van der Waals surface area (Å²) in [6.07, 6.45) is 13.3. The third kappa shape index (κ3) is 4.54. The highest BCUT2D eigenvalue weighted by Crippen LogP contribution is 2.65. The lowest BCUT2D eigenvalue weighted by atomic mass is 9.53.